The molecule has 0 radical (unpaired) electrons. The summed E-state index contributed by atoms with van der Waals surface area (Å²) in [6.07, 6.45) is 3.61. The Balaban J connectivity index is 1.52. The molecule has 0 unspecified atom stereocenters. The highest BCUT2D eigenvalue weighted by molar-refractivity contribution is 7.27. The molecule has 6 rings (SSSR count). The Morgan fingerprint density at radius 1 is 0.806 bits per heavy atom. The zero-order chi connectivity index (χ0) is 26.1. The van der Waals surface area contributed by atoms with Gasteiger partial charge in [-0.15, -0.1) is 11.3 Å². The first kappa shape index (κ1) is 22.0. The van der Waals surface area contributed by atoms with Crippen molar-refractivity contribution in [3.05, 3.63) is 72.0 Å². The summed E-state index contributed by atoms with van der Waals surface area (Å²) >= 11 is 1.69. The molecule has 4 heteroatoms. The van der Waals surface area contributed by atoms with E-state index in [0.29, 0.717) is 6.04 Å². The Bertz CT molecular complexity index is 1810. The van der Waals surface area contributed by atoms with Crippen LogP contribution in [-0.4, -0.2) is 9.97 Å². The van der Waals surface area contributed by atoms with Crippen molar-refractivity contribution < 1.29 is 5.79 Å². The van der Waals surface area contributed by atoms with Crippen LogP contribution in [0.4, 0.5) is 0 Å². The lowest BCUT2D eigenvalue weighted by molar-refractivity contribution is 0.411. The molecule has 0 spiro atoms. The minimum Gasteiger partial charge on any atom is -0.453 e. The van der Waals surface area contributed by atoms with E-state index >= 15 is 0 Å². The van der Waals surface area contributed by atoms with Gasteiger partial charge in [-0.3, -0.25) is 0 Å². The fourth-order valence-electron chi connectivity index (χ4n) is 5.13. The minimum absolute atomic E-state index is 0.203. The van der Waals surface area contributed by atoms with Crippen molar-refractivity contribution in [3.8, 4) is 11.3 Å². The molecule has 0 fully saturated rings. The van der Waals surface area contributed by atoms with Crippen LogP contribution in [0.15, 0.2) is 65.3 Å². The van der Waals surface area contributed by atoms with Crippen LogP contribution < -0.4 is 0 Å². The van der Waals surface area contributed by atoms with Gasteiger partial charge in [0.15, 0.2) is 5.58 Å². The summed E-state index contributed by atoms with van der Waals surface area (Å²) in [6, 6.07) is 17.6. The van der Waals surface area contributed by atoms with Crippen molar-refractivity contribution in [2.45, 2.75) is 54.4 Å². The molecule has 0 saturated carbocycles. The van der Waals surface area contributed by atoms with Gasteiger partial charge in [-0.25, -0.2) is 9.97 Å². The molecule has 0 saturated heterocycles. The lowest BCUT2D eigenvalue weighted by Crippen LogP contribution is -2.08. The predicted molar refractivity (Wildman–Crippen MR) is 154 cm³/mol. The monoisotopic (exact) mass is 493 g/mol. The van der Waals surface area contributed by atoms with Crippen molar-refractivity contribution in [1.29, 1.82) is 0 Å². The summed E-state index contributed by atoms with van der Waals surface area (Å²) in [5, 5.41) is 3.18. The Morgan fingerprint density at radius 2 is 1.53 bits per heavy atom. The summed E-state index contributed by atoms with van der Waals surface area (Å²) in [5.41, 5.74) is 7.38. The van der Waals surface area contributed by atoms with Gasteiger partial charge in [-0.05, 0) is 63.8 Å². The zero-order valence-corrected chi connectivity index (χ0v) is 22.6. The molecule has 0 amide bonds. The number of aromatic nitrogens is 2. The number of hydrogen-bond acceptors (Lipinski definition) is 4. The van der Waals surface area contributed by atoms with Crippen LogP contribution in [0.5, 0.6) is 0 Å². The predicted octanol–water partition coefficient (Wildman–Crippen LogP) is 9.59. The number of thiophene rings is 1. The molecule has 0 aliphatic carbocycles. The molecule has 0 bridgehead atoms. The molecule has 6 aromatic rings. The second kappa shape index (κ2) is 8.14. The van der Waals surface area contributed by atoms with Crippen molar-refractivity contribution in [2.24, 2.45) is 10.8 Å². The number of rotatable bonds is 3. The molecular weight excluding hydrogens is 460 g/mol. The highest BCUT2D eigenvalue weighted by Crippen LogP contribution is 2.43. The van der Waals surface area contributed by atoms with Crippen molar-refractivity contribution in [2.75, 3.05) is 0 Å². The van der Waals surface area contributed by atoms with E-state index in [1.807, 2.05) is 6.07 Å². The van der Waals surface area contributed by atoms with Crippen LogP contribution in [0.3, 0.4) is 0 Å². The zero-order valence-electron chi connectivity index (χ0n) is 22.8. The summed E-state index contributed by atoms with van der Waals surface area (Å²) in [6.45, 7) is 13.6. The fraction of sp³-hybridized carbons (Fsp3) is 0.312. The highest BCUT2D eigenvalue weighted by atomic mass is 32.1. The minimum atomic E-state index is 0.203. The molecule has 0 N–H and O–H groups in total. The van der Waals surface area contributed by atoms with E-state index in [4.69, 9.17) is 10.8 Å². The summed E-state index contributed by atoms with van der Waals surface area (Å²) in [7, 11) is 0. The van der Waals surface area contributed by atoms with Gasteiger partial charge in [0.25, 0.3) is 0 Å². The van der Waals surface area contributed by atoms with Crippen LogP contribution in [0.25, 0.3) is 53.5 Å². The lowest BCUT2D eigenvalue weighted by atomic mass is 9.87. The lowest BCUT2D eigenvalue weighted by Gasteiger charge is -2.18. The third-order valence-electron chi connectivity index (χ3n) is 6.48. The van der Waals surface area contributed by atoms with Crippen LogP contribution in [0, 0.1) is 10.8 Å². The molecule has 3 heterocycles. The van der Waals surface area contributed by atoms with Gasteiger partial charge in [0, 0.05) is 10.9 Å². The van der Waals surface area contributed by atoms with Crippen molar-refractivity contribution >= 4 is 53.6 Å². The topological polar surface area (TPSA) is 38.9 Å². The third-order valence-corrected chi connectivity index (χ3v) is 7.68. The van der Waals surface area contributed by atoms with E-state index in [9.17, 15) is 0 Å². The number of fused-ring (bicyclic) bond motifs is 6. The number of benzene rings is 3. The molecule has 3 aromatic carbocycles. The quantitative estimate of drug-likeness (QED) is 0.246. The molecule has 3 aromatic heterocycles. The average molecular weight is 494 g/mol. The first-order valence-corrected chi connectivity index (χ1v) is 13.4. The Morgan fingerprint density at radius 3 is 2.28 bits per heavy atom. The van der Waals surface area contributed by atoms with E-state index in [0.717, 1.165) is 66.3 Å². The molecule has 0 aliphatic heterocycles. The standard InChI is InChI=1S/C32H32N2OS/c1-31(2,3)16-19-7-9-21-10-11-22(15-23(21)13-19)26-30-27(34-18-33-26)28-29(36-30)24-14-20(17-32(4,5)6)8-12-25(24)35-28/h7-15,18H,16-17H2,1-6H3/i10D. The molecular formula is C32H32N2OS. The number of hydrogen-bond donors (Lipinski definition) is 0. The highest BCUT2D eigenvalue weighted by Gasteiger charge is 2.20. The largest absolute Gasteiger partial charge is 0.453 e. The van der Waals surface area contributed by atoms with Crippen molar-refractivity contribution in [1.82, 2.24) is 9.97 Å². The Labute approximate surface area is 217 Å². The van der Waals surface area contributed by atoms with Gasteiger partial charge in [0.2, 0.25) is 0 Å². The molecule has 182 valence electrons. The van der Waals surface area contributed by atoms with E-state index < -0.39 is 0 Å². The summed E-state index contributed by atoms with van der Waals surface area (Å²) < 4.78 is 17.2. The van der Waals surface area contributed by atoms with Crippen molar-refractivity contribution in [3.63, 3.8) is 0 Å². The summed E-state index contributed by atoms with van der Waals surface area (Å²) in [4.78, 5) is 9.33. The third kappa shape index (κ3) is 4.28. The Hall–Kier alpha value is -3.24. The fourth-order valence-corrected chi connectivity index (χ4v) is 6.34. The SMILES string of the molecule is [2H]c1cc(-c2ncnc3c2sc2c4cc(CC(C)(C)C)ccc4oc32)cc2cc(CC(C)(C)C)ccc12. The van der Waals surface area contributed by atoms with Crippen LogP contribution >= 0.6 is 11.3 Å². The van der Waals surface area contributed by atoms with Crippen LogP contribution in [-0.2, 0) is 12.8 Å². The normalized spacial score (nSPS) is 13.3. The van der Waals surface area contributed by atoms with E-state index in [-0.39, 0.29) is 10.8 Å². The average Bonchev–Trinajstić information content (AvgIpc) is 3.33. The van der Waals surface area contributed by atoms with Crippen LogP contribution in [0.1, 0.15) is 54.0 Å². The first-order valence-electron chi connectivity index (χ1n) is 13.1. The van der Waals surface area contributed by atoms with Gasteiger partial charge in [-0.1, -0.05) is 77.9 Å². The van der Waals surface area contributed by atoms with Gasteiger partial charge in [0.05, 0.1) is 16.5 Å². The number of furan rings is 1. The molecule has 0 atom stereocenters. The summed E-state index contributed by atoms with van der Waals surface area (Å²) in [5.74, 6) is 0. The second-order valence-corrected chi connectivity index (χ2v) is 13.4. The smallest absolute Gasteiger partial charge is 0.172 e. The Kier molecular flexibility index (Phi) is 4.97. The maximum Gasteiger partial charge on any atom is 0.172 e. The van der Waals surface area contributed by atoms with E-state index in [1.54, 1.807) is 17.7 Å². The van der Waals surface area contributed by atoms with Gasteiger partial charge in [-0.2, -0.15) is 0 Å². The van der Waals surface area contributed by atoms with Crippen LogP contribution in [0.2, 0.25) is 0 Å². The number of nitrogens with zero attached hydrogens (tertiary/aromatic N) is 2. The van der Waals surface area contributed by atoms with E-state index in [2.05, 4.69) is 89.0 Å². The first-order chi connectivity index (χ1) is 17.4. The van der Waals surface area contributed by atoms with Gasteiger partial charge in [0.1, 0.15) is 17.4 Å². The molecule has 36 heavy (non-hydrogen) atoms. The molecule has 3 nitrogen and oxygen atoms in total. The second-order valence-electron chi connectivity index (χ2n) is 12.4. The van der Waals surface area contributed by atoms with Gasteiger partial charge >= 0.3 is 0 Å². The van der Waals surface area contributed by atoms with Gasteiger partial charge < -0.3 is 4.42 Å². The van der Waals surface area contributed by atoms with E-state index in [1.165, 1.54) is 11.1 Å². The maximum absolute atomic E-state index is 8.73. The molecule has 0 aliphatic rings. The maximum atomic E-state index is 8.73.